The summed E-state index contributed by atoms with van der Waals surface area (Å²) in [5, 5.41) is 10.6. The summed E-state index contributed by atoms with van der Waals surface area (Å²) in [4.78, 5) is 72.9. The van der Waals surface area contributed by atoms with Crippen molar-refractivity contribution >= 4 is 39.5 Å². The highest BCUT2D eigenvalue weighted by molar-refractivity contribution is 7.47. The molecule has 3 N–H and O–H groups in total. The van der Waals surface area contributed by atoms with E-state index in [1.807, 2.05) is 0 Å². The van der Waals surface area contributed by atoms with Gasteiger partial charge in [0.1, 0.15) is 19.3 Å². The van der Waals surface area contributed by atoms with Crippen LogP contribution in [0.25, 0.3) is 0 Å². The van der Waals surface area contributed by atoms with Crippen molar-refractivity contribution < 1.29 is 80.2 Å². The summed E-state index contributed by atoms with van der Waals surface area (Å²) in [6.07, 6.45) is 84.1. The SMILES string of the molecule is CC/C=C\C/C=C\C/C=C\C/C=C\C/C=C\CCCCCC(=O)OCC(COP(=O)(O)OCC(O)COP(=O)(O)OCC(COC(=O)CCCCCC/C=C\C/C=C\C/C=C\C/C=C\CC)OC(=O)CCCCCCCCCCCCC)OC(=O)CCCCCCC/C=C\C/C=C\C/C=C\CC. The quantitative estimate of drug-likeness (QED) is 0.0169. The van der Waals surface area contributed by atoms with Gasteiger partial charge in [-0.25, -0.2) is 9.13 Å². The summed E-state index contributed by atoms with van der Waals surface area (Å²) in [6, 6.07) is 0. The number of rotatable bonds is 72. The van der Waals surface area contributed by atoms with Crippen LogP contribution in [0, 0.1) is 0 Å². The van der Waals surface area contributed by atoms with E-state index in [1.54, 1.807) is 0 Å². The van der Waals surface area contributed by atoms with Gasteiger partial charge in [0.05, 0.1) is 26.4 Å². The molecule has 0 aliphatic heterocycles. The first-order valence-corrected chi connectivity index (χ1v) is 42.1. The molecule has 5 atom stereocenters. The van der Waals surface area contributed by atoms with E-state index in [-0.39, 0.29) is 25.7 Å². The molecule has 0 fully saturated rings. The van der Waals surface area contributed by atoms with E-state index in [2.05, 4.69) is 174 Å². The molecule has 19 heteroatoms. The molecule has 0 saturated carbocycles. The van der Waals surface area contributed by atoms with Crippen LogP contribution in [0.1, 0.15) is 297 Å². The van der Waals surface area contributed by atoms with Crippen LogP contribution in [-0.2, 0) is 65.4 Å². The molecule has 0 bridgehead atoms. The van der Waals surface area contributed by atoms with E-state index in [0.29, 0.717) is 25.7 Å². The summed E-state index contributed by atoms with van der Waals surface area (Å²) in [5.74, 6) is -2.26. The van der Waals surface area contributed by atoms with Crippen molar-refractivity contribution in [2.24, 2.45) is 0 Å². The summed E-state index contributed by atoms with van der Waals surface area (Å²) in [6.45, 7) is 4.44. The Bertz CT molecular complexity index is 2510. The number of phosphoric ester groups is 2. The summed E-state index contributed by atoms with van der Waals surface area (Å²) in [5.41, 5.74) is 0. The highest BCUT2D eigenvalue weighted by Gasteiger charge is 2.30. The average Bonchev–Trinajstić information content (AvgIpc) is 0.939. The number of esters is 4. The van der Waals surface area contributed by atoms with Crippen LogP contribution in [0.15, 0.2) is 146 Å². The summed E-state index contributed by atoms with van der Waals surface area (Å²) >= 11 is 0. The Labute approximate surface area is 617 Å². The first-order valence-electron chi connectivity index (χ1n) is 39.1. The van der Waals surface area contributed by atoms with Gasteiger partial charge in [0, 0.05) is 25.7 Å². The van der Waals surface area contributed by atoms with Gasteiger partial charge in [0.15, 0.2) is 12.2 Å². The third-order valence-electron chi connectivity index (χ3n) is 15.8. The Kier molecular flexibility index (Phi) is 70.5. The van der Waals surface area contributed by atoms with Crippen LogP contribution in [0.5, 0.6) is 0 Å². The minimum absolute atomic E-state index is 0.0634. The Balaban J connectivity index is 5.39. The van der Waals surface area contributed by atoms with Crippen molar-refractivity contribution in [2.45, 2.75) is 316 Å². The number of unbranched alkanes of at least 4 members (excludes halogenated alkanes) is 22. The van der Waals surface area contributed by atoms with Gasteiger partial charge in [0.2, 0.25) is 0 Å². The largest absolute Gasteiger partial charge is 0.472 e. The molecule has 5 unspecified atom stereocenters. The van der Waals surface area contributed by atoms with Gasteiger partial charge in [-0.1, -0.05) is 276 Å². The molecule has 102 heavy (non-hydrogen) atoms. The number of aliphatic hydroxyl groups excluding tert-OH is 1. The highest BCUT2D eigenvalue weighted by atomic mass is 31.2. The first kappa shape index (κ1) is 96.9. The van der Waals surface area contributed by atoms with Gasteiger partial charge >= 0.3 is 39.5 Å². The van der Waals surface area contributed by atoms with E-state index in [4.69, 9.17) is 37.0 Å². The van der Waals surface area contributed by atoms with E-state index in [1.165, 1.54) is 38.5 Å². The van der Waals surface area contributed by atoms with Crippen LogP contribution in [0.4, 0.5) is 0 Å². The predicted octanol–water partition coefficient (Wildman–Crippen LogP) is 22.7. The Morgan fingerprint density at radius 2 is 0.510 bits per heavy atom. The average molecular weight is 1470 g/mol. The molecule has 0 rings (SSSR count). The minimum Gasteiger partial charge on any atom is -0.462 e. The van der Waals surface area contributed by atoms with Crippen molar-refractivity contribution in [3.8, 4) is 0 Å². The molecule has 0 saturated heterocycles. The molecular weight excluding hydrogens is 1330 g/mol. The van der Waals surface area contributed by atoms with Crippen LogP contribution in [0.2, 0.25) is 0 Å². The lowest BCUT2D eigenvalue weighted by atomic mass is 10.1. The van der Waals surface area contributed by atoms with E-state index < -0.39 is 97.5 Å². The molecular formula is C83H138O17P2. The number of hydrogen-bond acceptors (Lipinski definition) is 15. The smallest absolute Gasteiger partial charge is 0.462 e. The number of ether oxygens (including phenoxy) is 4. The molecule has 0 amide bonds. The lowest BCUT2D eigenvalue weighted by Gasteiger charge is -2.21. The van der Waals surface area contributed by atoms with Crippen molar-refractivity contribution in [3.05, 3.63) is 146 Å². The maximum atomic E-state index is 13.1. The summed E-state index contributed by atoms with van der Waals surface area (Å²) in [7, 11) is -9.98. The van der Waals surface area contributed by atoms with Crippen LogP contribution in [0.3, 0.4) is 0 Å². The van der Waals surface area contributed by atoms with Crippen molar-refractivity contribution in [2.75, 3.05) is 39.6 Å². The molecule has 0 aliphatic rings. The molecule has 0 heterocycles. The van der Waals surface area contributed by atoms with E-state index >= 15 is 0 Å². The number of aliphatic hydroxyl groups is 1. The molecule has 0 aromatic heterocycles. The van der Waals surface area contributed by atoms with Crippen LogP contribution < -0.4 is 0 Å². The monoisotopic (exact) mass is 1470 g/mol. The van der Waals surface area contributed by atoms with Gasteiger partial charge < -0.3 is 33.8 Å². The van der Waals surface area contributed by atoms with Crippen LogP contribution in [-0.4, -0.2) is 96.7 Å². The molecule has 0 spiro atoms. The second-order valence-electron chi connectivity index (χ2n) is 25.5. The topological polar surface area (TPSA) is 237 Å². The fraction of sp³-hybridized carbons (Fsp3) is 0.663. The second kappa shape index (κ2) is 74.2. The maximum absolute atomic E-state index is 13.1. The zero-order valence-corrected chi connectivity index (χ0v) is 65.3. The lowest BCUT2D eigenvalue weighted by Crippen LogP contribution is -2.30. The fourth-order valence-corrected chi connectivity index (χ4v) is 11.5. The zero-order chi connectivity index (χ0) is 74.6. The number of hydrogen-bond donors (Lipinski definition) is 3. The van der Waals surface area contributed by atoms with Gasteiger partial charge in [-0.05, 0) is 141 Å². The van der Waals surface area contributed by atoms with Gasteiger partial charge in [-0.15, -0.1) is 0 Å². The number of carbonyl (C=O) groups is 4. The second-order valence-corrected chi connectivity index (χ2v) is 28.4. The van der Waals surface area contributed by atoms with Gasteiger partial charge in [-0.2, -0.15) is 0 Å². The zero-order valence-electron chi connectivity index (χ0n) is 63.5. The standard InChI is InChI=1S/C83H138O17P2/c1-5-9-13-17-21-25-29-32-35-37-38-40-43-45-49-52-56-60-64-68-81(86)94-74-79(100-83(88)70-66-62-58-54-50-46-41-34-31-27-23-19-15-11-7-3)76-98-102(91,92)96-72-77(84)71-95-101(89,90)97-75-78(99-82(87)69-65-61-57-53-47-28-24-20-16-12-8-4)73-93-80(85)67-63-59-55-51-48-44-42-39-36-33-30-26-22-18-14-10-6-2/h9-11,13-15,21-23,25-27,32-36,38,40-42,44-45,49,77-79,84H,5-8,12,16-20,24,28-31,37,39,43,46-48,50-76H2,1-4H3,(H,89,90)(H,91,92)/b13-9-,14-10-,15-11-,25-21-,26-22-,27-23-,35-32-,36-33-,40-38-,41-34-,44-42-,49-45-. The predicted molar refractivity (Wildman–Crippen MR) is 417 cm³/mol. The molecule has 0 radical (unpaired) electrons. The van der Waals surface area contributed by atoms with Gasteiger partial charge in [0.25, 0.3) is 0 Å². The number of carbonyl (C=O) groups excluding carboxylic acids is 4. The maximum Gasteiger partial charge on any atom is 0.472 e. The molecule has 582 valence electrons. The third-order valence-corrected chi connectivity index (χ3v) is 17.7. The number of phosphoric acid groups is 2. The fourth-order valence-electron chi connectivity index (χ4n) is 9.96. The Morgan fingerprint density at radius 1 is 0.284 bits per heavy atom. The molecule has 0 aliphatic carbocycles. The molecule has 0 aromatic rings. The third kappa shape index (κ3) is 73.3. The van der Waals surface area contributed by atoms with Crippen molar-refractivity contribution in [3.63, 3.8) is 0 Å². The van der Waals surface area contributed by atoms with Crippen LogP contribution >= 0.6 is 15.6 Å². The number of allylic oxidation sites excluding steroid dienone is 24. The Morgan fingerprint density at radius 3 is 0.794 bits per heavy atom. The minimum atomic E-state index is -4.99. The summed E-state index contributed by atoms with van der Waals surface area (Å²) < 4.78 is 68.5. The molecule has 0 aromatic carbocycles. The lowest BCUT2D eigenvalue weighted by molar-refractivity contribution is -0.161. The van der Waals surface area contributed by atoms with Gasteiger partial charge in [-0.3, -0.25) is 37.3 Å². The van der Waals surface area contributed by atoms with E-state index in [0.717, 1.165) is 180 Å². The normalized spacial score (nSPS) is 14.7. The highest BCUT2D eigenvalue weighted by Crippen LogP contribution is 2.45. The van der Waals surface area contributed by atoms with Crippen molar-refractivity contribution in [1.82, 2.24) is 0 Å². The van der Waals surface area contributed by atoms with E-state index in [9.17, 15) is 43.2 Å². The Hall–Kier alpha value is -5.06. The van der Waals surface area contributed by atoms with Crippen molar-refractivity contribution in [1.29, 1.82) is 0 Å². The molecule has 17 nitrogen and oxygen atoms in total. The first-order chi connectivity index (χ1) is 49.7.